The normalized spacial score (nSPS) is 11.7. The Labute approximate surface area is 106 Å². The Morgan fingerprint density at radius 1 is 1.39 bits per heavy atom. The number of aryl methyl sites for hydroxylation is 1. The molecule has 0 unspecified atom stereocenters. The van der Waals surface area contributed by atoms with E-state index in [1.165, 1.54) is 5.39 Å². The number of amides is 1. The molecule has 2 aromatic rings. The van der Waals surface area contributed by atoms with E-state index in [-0.39, 0.29) is 5.41 Å². The van der Waals surface area contributed by atoms with Gasteiger partial charge in [0.05, 0.1) is 0 Å². The number of carboxylic acid groups (broad SMARTS) is 1. The lowest BCUT2D eigenvalue weighted by molar-refractivity contribution is 0.192. The molecule has 0 aliphatic rings. The summed E-state index contributed by atoms with van der Waals surface area (Å²) in [5, 5.41) is 12.4. The first-order chi connectivity index (χ1) is 8.42. The Balaban J connectivity index is 2.43. The highest BCUT2D eigenvalue weighted by molar-refractivity contribution is 5.85. The third kappa shape index (κ3) is 2.18. The van der Waals surface area contributed by atoms with Gasteiger partial charge in [0.1, 0.15) is 0 Å². The molecule has 1 aromatic carbocycles. The van der Waals surface area contributed by atoms with Crippen molar-refractivity contribution < 1.29 is 9.90 Å². The zero-order valence-electron chi connectivity index (χ0n) is 10.9. The molecule has 0 aliphatic carbocycles. The van der Waals surface area contributed by atoms with E-state index in [9.17, 15) is 4.79 Å². The minimum Gasteiger partial charge on any atom is -0.465 e. The molecule has 0 spiro atoms. The topological polar surface area (TPSA) is 54.3 Å². The minimum absolute atomic E-state index is 0.237. The van der Waals surface area contributed by atoms with Gasteiger partial charge in [-0.15, -0.1) is 0 Å². The van der Waals surface area contributed by atoms with E-state index in [0.29, 0.717) is 6.54 Å². The van der Waals surface area contributed by atoms with Crippen molar-refractivity contribution in [3.63, 3.8) is 0 Å². The van der Waals surface area contributed by atoms with E-state index in [1.54, 1.807) is 0 Å². The molecule has 0 saturated carbocycles. The summed E-state index contributed by atoms with van der Waals surface area (Å²) in [6.07, 6.45) is 1.09. The number of rotatable bonds is 3. The zero-order valence-corrected chi connectivity index (χ0v) is 10.9. The number of para-hydroxylation sites is 1. The lowest BCUT2D eigenvalue weighted by Crippen LogP contribution is -2.35. The molecule has 96 valence electrons. The molecule has 18 heavy (non-hydrogen) atoms. The Kier molecular flexibility index (Phi) is 3.03. The lowest BCUT2D eigenvalue weighted by Gasteiger charge is -2.24. The molecule has 4 nitrogen and oxygen atoms in total. The van der Waals surface area contributed by atoms with Gasteiger partial charge in [-0.1, -0.05) is 32.0 Å². The third-order valence-corrected chi connectivity index (χ3v) is 3.31. The Hall–Kier alpha value is -1.97. The van der Waals surface area contributed by atoms with Crippen molar-refractivity contribution in [2.75, 3.05) is 6.54 Å². The summed E-state index contributed by atoms with van der Waals surface area (Å²) in [5.74, 6) is 0. The van der Waals surface area contributed by atoms with Crippen molar-refractivity contribution in [2.24, 2.45) is 7.05 Å². The van der Waals surface area contributed by atoms with Crippen molar-refractivity contribution in [1.29, 1.82) is 0 Å². The van der Waals surface area contributed by atoms with Crippen LogP contribution in [0.2, 0.25) is 0 Å². The fourth-order valence-corrected chi connectivity index (χ4v) is 2.27. The van der Waals surface area contributed by atoms with Gasteiger partial charge in [0.15, 0.2) is 0 Å². The first kappa shape index (κ1) is 12.5. The second-order valence-electron chi connectivity index (χ2n) is 5.21. The van der Waals surface area contributed by atoms with Gasteiger partial charge >= 0.3 is 6.09 Å². The quantitative estimate of drug-likeness (QED) is 0.875. The van der Waals surface area contributed by atoms with Crippen molar-refractivity contribution in [3.8, 4) is 0 Å². The molecule has 1 amide bonds. The highest BCUT2D eigenvalue weighted by Gasteiger charge is 2.25. The maximum absolute atomic E-state index is 10.6. The highest BCUT2D eigenvalue weighted by atomic mass is 16.4. The molecule has 1 aromatic heterocycles. The predicted molar refractivity (Wildman–Crippen MR) is 72.0 cm³/mol. The summed E-state index contributed by atoms with van der Waals surface area (Å²) in [5.41, 5.74) is 2.09. The first-order valence-electron chi connectivity index (χ1n) is 5.93. The molecule has 4 heteroatoms. The van der Waals surface area contributed by atoms with E-state index in [0.717, 1.165) is 11.1 Å². The maximum Gasteiger partial charge on any atom is 0.404 e. The maximum atomic E-state index is 10.6. The molecular formula is C14H18N2O2. The molecular weight excluding hydrogens is 228 g/mol. The number of fused-ring (bicyclic) bond motifs is 1. The van der Waals surface area contributed by atoms with Gasteiger partial charge < -0.3 is 15.0 Å². The van der Waals surface area contributed by atoms with Gasteiger partial charge in [-0.05, 0) is 11.6 Å². The van der Waals surface area contributed by atoms with Crippen molar-refractivity contribution >= 4 is 17.0 Å². The van der Waals surface area contributed by atoms with E-state index in [1.807, 2.05) is 33.0 Å². The molecule has 2 rings (SSSR count). The van der Waals surface area contributed by atoms with Crippen LogP contribution in [0.15, 0.2) is 30.5 Å². The third-order valence-electron chi connectivity index (χ3n) is 3.31. The SMILES string of the molecule is Cn1cc(C(C)(C)CNC(=O)O)c2ccccc21. The van der Waals surface area contributed by atoms with Gasteiger partial charge in [-0.25, -0.2) is 4.79 Å². The van der Waals surface area contributed by atoms with Crippen LogP contribution in [0.4, 0.5) is 4.79 Å². The number of benzene rings is 1. The van der Waals surface area contributed by atoms with Crippen molar-refractivity contribution in [1.82, 2.24) is 9.88 Å². The summed E-state index contributed by atoms with van der Waals surface area (Å²) >= 11 is 0. The summed E-state index contributed by atoms with van der Waals surface area (Å²) in [4.78, 5) is 10.6. The van der Waals surface area contributed by atoms with Crippen LogP contribution >= 0.6 is 0 Å². The summed E-state index contributed by atoms with van der Waals surface area (Å²) < 4.78 is 2.08. The predicted octanol–water partition coefficient (Wildman–Crippen LogP) is 2.72. The molecule has 0 saturated heterocycles. The monoisotopic (exact) mass is 246 g/mol. The standard InChI is InChI=1S/C14H18N2O2/c1-14(2,9-15-13(17)18)11-8-16(3)12-7-5-4-6-10(11)12/h4-8,15H,9H2,1-3H3,(H,17,18). The van der Waals surface area contributed by atoms with Crippen molar-refractivity contribution in [2.45, 2.75) is 19.3 Å². The number of carbonyl (C=O) groups is 1. The van der Waals surface area contributed by atoms with E-state index in [4.69, 9.17) is 5.11 Å². The van der Waals surface area contributed by atoms with Crippen LogP contribution in [0.3, 0.4) is 0 Å². The van der Waals surface area contributed by atoms with Gasteiger partial charge in [0.25, 0.3) is 0 Å². The van der Waals surface area contributed by atoms with Gasteiger partial charge in [0, 0.05) is 36.1 Å². The molecule has 0 radical (unpaired) electrons. The van der Waals surface area contributed by atoms with Gasteiger partial charge in [-0.3, -0.25) is 0 Å². The molecule has 0 fully saturated rings. The first-order valence-corrected chi connectivity index (χ1v) is 5.93. The summed E-state index contributed by atoms with van der Waals surface area (Å²) in [6.45, 7) is 4.49. The van der Waals surface area contributed by atoms with Crippen molar-refractivity contribution in [3.05, 3.63) is 36.0 Å². The van der Waals surface area contributed by atoms with Crippen LogP contribution in [0.1, 0.15) is 19.4 Å². The van der Waals surface area contributed by atoms with Crippen LogP contribution in [0.25, 0.3) is 10.9 Å². The van der Waals surface area contributed by atoms with Crippen LogP contribution < -0.4 is 5.32 Å². The van der Waals surface area contributed by atoms with E-state index in [2.05, 4.69) is 28.2 Å². The number of hydrogen-bond donors (Lipinski definition) is 2. The Bertz CT molecular complexity index is 584. The van der Waals surface area contributed by atoms with Crippen LogP contribution in [-0.4, -0.2) is 22.3 Å². The van der Waals surface area contributed by atoms with Crippen LogP contribution in [-0.2, 0) is 12.5 Å². The zero-order chi connectivity index (χ0) is 13.3. The average Bonchev–Trinajstić information content (AvgIpc) is 2.66. The van der Waals surface area contributed by atoms with Gasteiger partial charge in [-0.2, -0.15) is 0 Å². The molecule has 1 heterocycles. The molecule has 0 aliphatic heterocycles. The Morgan fingerprint density at radius 3 is 2.72 bits per heavy atom. The molecule has 0 atom stereocenters. The summed E-state index contributed by atoms with van der Waals surface area (Å²) in [7, 11) is 2.01. The second kappa shape index (κ2) is 4.37. The molecule has 0 bridgehead atoms. The van der Waals surface area contributed by atoms with Gasteiger partial charge in [0.2, 0.25) is 0 Å². The van der Waals surface area contributed by atoms with Crippen LogP contribution in [0, 0.1) is 0 Å². The fourth-order valence-electron chi connectivity index (χ4n) is 2.27. The largest absolute Gasteiger partial charge is 0.465 e. The number of aromatic nitrogens is 1. The Morgan fingerprint density at radius 2 is 2.06 bits per heavy atom. The second-order valence-corrected chi connectivity index (χ2v) is 5.21. The number of hydrogen-bond acceptors (Lipinski definition) is 1. The number of nitrogens with zero attached hydrogens (tertiary/aromatic N) is 1. The van der Waals surface area contributed by atoms with E-state index < -0.39 is 6.09 Å². The fraction of sp³-hybridized carbons (Fsp3) is 0.357. The van der Waals surface area contributed by atoms with E-state index >= 15 is 0 Å². The average molecular weight is 246 g/mol. The smallest absolute Gasteiger partial charge is 0.404 e. The lowest BCUT2D eigenvalue weighted by atomic mass is 9.84. The summed E-state index contributed by atoms with van der Waals surface area (Å²) in [6, 6.07) is 8.16. The van der Waals surface area contributed by atoms with Crippen LogP contribution in [0.5, 0.6) is 0 Å². The number of nitrogens with one attached hydrogen (secondary N) is 1. The minimum atomic E-state index is -0.983. The molecule has 2 N–H and O–H groups in total. The highest BCUT2D eigenvalue weighted by Crippen LogP contribution is 2.31.